The van der Waals surface area contributed by atoms with Gasteiger partial charge in [0, 0.05) is 21.9 Å². The minimum absolute atomic E-state index is 0.270. The molecule has 8 heteroatoms. The molecule has 0 aliphatic carbocycles. The molecule has 4 rings (SSSR count). The maximum atomic E-state index is 13.1. The molecule has 0 aromatic heterocycles. The average Bonchev–Trinajstić information content (AvgIpc) is 2.73. The fraction of sp³-hybridized carbons (Fsp3) is 0. The van der Waals surface area contributed by atoms with Gasteiger partial charge in [-0.05, 0) is 30.3 Å². The fourth-order valence-corrected chi connectivity index (χ4v) is 3.27. The summed E-state index contributed by atoms with van der Waals surface area (Å²) in [6.45, 7) is 0. The molecule has 0 atom stereocenters. The van der Waals surface area contributed by atoms with Gasteiger partial charge in [-0.1, -0.05) is 30.3 Å². The summed E-state index contributed by atoms with van der Waals surface area (Å²) in [5, 5.41) is 21.3. The molecule has 0 bridgehead atoms. The Bertz CT molecular complexity index is 1240. The van der Waals surface area contributed by atoms with E-state index < -0.39 is 17.6 Å². The summed E-state index contributed by atoms with van der Waals surface area (Å²) in [7, 11) is 0. The topological polar surface area (TPSA) is 135 Å². The first kappa shape index (κ1) is 17.9. The molecule has 1 aliphatic heterocycles. The summed E-state index contributed by atoms with van der Waals surface area (Å²) >= 11 is 0. The number of nitriles is 1. The van der Waals surface area contributed by atoms with E-state index in [1.54, 1.807) is 60.7 Å². The molecule has 0 saturated heterocycles. The number of imide groups is 1. The van der Waals surface area contributed by atoms with Crippen LogP contribution < -0.4 is 16.1 Å². The van der Waals surface area contributed by atoms with Crippen molar-refractivity contribution in [3.63, 3.8) is 0 Å². The van der Waals surface area contributed by atoms with Crippen LogP contribution in [0.1, 0.15) is 20.7 Å². The molecule has 1 heterocycles. The van der Waals surface area contributed by atoms with Gasteiger partial charge in [-0.25, -0.2) is 4.90 Å². The molecule has 4 N–H and O–H groups in total. The average molecular weight is 382 g/mol. The molecule has 1 aliphatic rings. The minimum atomic E-state index is -0.466. The number of nitrogens with one attached hydrogen (secondary N) is 2. The first-order chi connectivity index (χ1) is 14.0. The van der Waals surface area contributed by atoms with E-state index in [0.717, 1.165) is 4.90 Å². The van der Waals surface area contributed by atoms with Gasteiger partial charge >= 0.3 is 0 Å². The molecule has 0 saturated carbocycles. The number of carbonyl (C=O) groups is 2. The van der Waals surface area contributed by atoms with Crippen molar-refractivity contribution in [3.8, 4) is 6.07 Å². The molecule has 140 valence electrons. The predicted octanol–water partition coefficient (Wildman–Crippen LogP) is 2.87. The van der Waals surface area contributed by atoms with Crippen molar-refractivity contribution in [2.45, 2.75) is 0 Å². The number of hydrogen-bond acceptors (Lipinski definition) is 6. The van der Waals surface area contributed by atoms with E-state index in [2.05, 4.69) is 10.5 Å². The monoisotopic (exact) mass is 382 g/mol. The van der Waals surface area contributed by atoms with Crippen molar-refractivity contribution in [1.29, 1.82) is 10.7 Å². The lowest BCUT2D eigenvalue weighted by molar-refractivity contribution is 0.0893. The summed E-state index contributed by atoms with van der Waals surface area (Å²) in [6, 6.07) is 18.8. The van der Waals surface area contributed by atoms with E-state index >= 15 is 0 Å². The van der Waals surface area contributed by atoms with Crippen molar-refractivity contribution in [2.24, 2.45) is 10.8 Å². The molecule has 0 fully saturated rings. The summed E-state index contributed by atoms with van der Waals surface area (Å²) in [6.07, 6.45) is 0. The molecular formula is C21H14N6O2. The number of nitrogens with zero attached hydrogens (tertiary/aromatic N) is 3. The summed E-state index contributed by atoms with van der Waals surface area (Å²) in [5.74, 6) is -1.30. The van der Waals surface area contributed by atoms with Crippen molar-refractivity contribution >= 4 is 45.5 Å². The van der Waals surface area contributed by atoms with Crippen LogP contribution in [-0.2, 0) is 0 Å². The Labute approximate surface area is 165 Å². The van der Waals surface area contributed by atoms with E-state index in [1.165, 1.54) is 0 Å². The second-order valence-electron chi connectivity index (χ2n) is 6.27. The molecule has 0 spiro atoms. The third-order valence-corrected chi connectivity index (χ3v) is 4.57. The van der Waals surface area contributed by atoms with E-state index in [1.807, 2.05) is 6.07 Å². The maximum Gasteiger partial charge on any atom is 0.265 e. The van der Waals surface area contributed by atoms with Gasteiger partial charge in [-0.15, -0.1) is 0 Å². The molecule has 0 unspecified atom stereocenters. The van der Waals surface area contributed by atoms with E-state index in [-0.39, 0.29) is 5.71 Å². The quantitative estimate of drug-likeness (QED) is 0.276. The van der Waals surface area contributed by atoms with Crippen LogP contribution in [-0.4, -0.2) is 23.4 Å². The van der Waals surface area contributed by atoms with Gasteiger partial charge in [0.05, 0.1) is 11.4 Å². The van der Waals surface area contributed by atoms with Gasteiger partial charge in [-0.2, -0.15) is 10.4 Å². The van der Waals surface area contributed by atoms with Crippen molar-refractivity contribution < 1.29 is 9.59 Å². The second-order valence-corrected chi connectivity index (χ2v) is 6.27. The molecular weight excluding hydrogens is 368 g/mol. The standard InChI is InChI=1S/C21H14N6O2/c22-11-17(19(23)24)26-25-16-10-9-15-18-13(16)7-4-8-14(18)20(28)27(21(15)29)12-5-2-1-3-6-12/h1-10,25H,(H3,23,24)/b26-17+. The Morgan fingerprint density at radius 2 is 1.69 bits per heavy atom. The highest BCUT2D eigenvalue weighted by atomic mass is 16.2. The van der Waals surface area contributed by atoms with E-state index in [9.17, 15) is 9.59 Å². The number of amides is 2. The van der Waals surface area contributed by atoms with Gasteiger partial charge in [0.15, 0.2) is 5.84 Å². The molecule has 3 aromatic carbocycles. The Morgan fingerprint density at radius 1 is 1.00 bits per heavy atom. The number of nitrogens with two attached hydrogens (primary N) is 1. The zero-order valence-corrected chi connectivity index (χ0v) is 15.0. The molecule has 29 heavy (non-hydrogen) atoms. The predicted molar refractivity (Wildman–Crippen MR) is 110 cm³/mol. The molecule has 3 aromatic rings. The summed E-state index contributed by atoms with van der Waals surface area (Å²) in [4.78, 5) is 27.4. The maximum absolute atomic E-state index is 13.1. The van der Waals surface area contributed by atoms with Gasteiger partial charge in [0.1, 0.15) is 6.07 Å². The van der Waals surface area contributed by atoms with Gasteiger partial charge in [0.2, 0.25) is 5.71 Å². The highest BCUT2D eigenvalue weighted by Gasteiger charge is 2.34. The third-order valence-electron chi connectivity index (χ3n) is 4.57. The van der Waals surface area contributed by atoms with Crippen molar-refractivity contribution in [2.75, 3.05) is 10.3 Å². The van der Waals surface area contributed by atoms with E-state index in [0.29, 0.717) is 33.3 Å². The van der Waals surface area contributed by atoms with Crippen LogP contribution in [0.25, 0.3) is 10.8 Å². The fourth-order valence-electron chi connectivity index (χ4n) is 3.27. The Hall–Kier alpha value is -4.51. The number of benzene rings is 3. The highest BCUT2D eigenvalue weighted by molar-refractivity contribution is 6.46. The number of anilines is 2. The minimum Gasteiger partial charge on any atom is -0.382 e. The summed E-state index contributed by atoms with van der Waals surface area (Å²) in [5.41, 5.74) is 9.49. The molecule has 2 amide bonds. The number of hydrogen-bond donors (Lipinski definition) is 3. The third kappa shape index (κ3) is 2.87. The summed E-state index contributed by atoms with van der Waals surface area (Å²) < 4.78 is 0. The Morgan fingerprint density at radius 3 is 2.34 bits per heavy atom. The highest BCUT2D eigenvalue weighted by Crippen LogP contribution is 2.36. The van der Waals surface area contributed by atoms with Gasteiger partial charge in [0.25, 0.3) is 11.8 Å². The van der Waals surface area contributed by atoms with Crippen LogP contribution in [0.2, 0.25) is 0 Å². The molecule has 8 nitrogen and oxygen atoms in total. The van der Waals surface area contributed by atoms with Crippen LogP contribution in [0.5, 0.6) is 0 Å². The van der Waals surface area contributed by atoms with Crippen LogP contribution in [0.4, 0.5) is 11.4 Å². The lowest BCUT2D eigenvalue weighted by atomic mass is 9.93. The molecule has 0 radical (unpaired) electrons. The first-order valence-electron chi connectivity index (χ1n) is 8.60. The van der Waals surface area contributed by atoms with Crippen LogP contribution in [0, 0.1) is 16.7 Å². The van der Waals surface area contributed by atoms with Crippen molar-refractivity contribution in [1.82, 2.24) is 0 Å². The lowest BCUT2D eigenvalue weighted by Crippen LogP contribution is -2.40. The Balaban J connectivity index is 1.86. The Kier molecular flexibility index (Phi) is 4.26. The van der Waals surface area contributed by atoms with E-state index in [4.69, 9.17) is 16.4 Å². The number of rotatable bonds is 4. The van der Waals surface area contributed by atoms with Crippen LogP contribution in [0.15, 0.2) is 65.8 Å². The number of para-hydroxylation sites is 1. The normalized spacial score (nSPS) is 13.3. The number of amidine groups is 1. The smallest absolute Gasteiger partial charge is 0.265 e. The van der Waals surface area contributed by atoms with Crippen LogP contribution >= 0.6 is 0 Å². The van der Waals surface area contributed by atoms with Crippen LogP contribution in [0.3, 0.4) is 0 Å². The van der Waals surface area contributed by atoms with Crippen molar-refractivity contribution in [3.05, 3.63) is 71.8 Å². The SMILES string of the molecule is N#C/C(=N\Nc1ccc2c3c(cccc13)C(=O)N(c1ccccc1)C2=O)C(=N)N. The zero-order valence-electron chi connectivity index (χ0n) is 15.0. The van der Waals surface area contributed by atoms with Gasteiger partial charge < -0.3 is 5.73 Å². The zero-order chi connectivity index (χ0) is 20.5. The first-order valence-corrected chi connectivity index (χ1v) is 8.60. The second kappa shape index (κ2) is 6.90. The number of hydrazone groups is 1. The number of carbonyl (C=O) groups excluding carboxylic acids is 2. The largest absolute Gasteiger partial charge is 0.382 e. The van der Waals surface area contributed by atoms with Gasteiger partial charge in [-0.3, -0.25) is 20.4 Å². The lowest BCUT2D eigenvalue weighted by Gasteiger charge is -2.27.